The minimum Gasteiger partial charge on any atom is -0.382 e. The van der Waals surface area contributed by atoms with Gasteiger partial charge in [0.05, 0.1) is 0 Å². The van der Waals surface area contributed by atoms with E-state index in [1.807, 2.05) is 25.5 Å². The van der Waals surface area contributed by atoms with Gasteiger partial charge >= 0.3 is 0 Å². The summed E-state index contributed by atoms with van der Waals surface area (Å²) in [6.07, 6.45) is 6.22. The summed E-state index contributed by atoms with van der Waals surface area (Å²) < 4.78 is 7.40. The van der Waals surface area contributed by atoms with E-state index in [2.05, 4.69) is 32.7 Å². The molecule has 2 N–H and O–H groups in total. The van der Waals surface area contributed by atoms with Crippen molar-refractivity contribution in [2.45, 2.75) is 65.5 Å². The van der Waals surface area contributed by atoms with Gasteiger partial charge in [-0.05, 0) is 46.1 Å². The van der Waals surface area contributed by atoms with Crippen molar-refractivity contribution < 1.29 is 4.74 Å². The van der Waals surface area contributed by atoms with Crippen LogP contribution in [0, 0.1) is 6.92 Å². The van der Waals surface area contributed by atoms with Crippen LogP contribution in [-0.4, -0.2) is 71.1 Å². The molecule has 8 nitrogen and oxygen atoms in total. The number of likely N-dealkylation sites (tertiary alicyclic amines) is 1. The standard InChI is InChI=1S/C20H39N7O/c1-5-18-10-7-8-13-27(18)14-12-22-20(21-11-9-15-28-6-2)23-16-19-25-24-17(3)26(19)4/h18H,5-16H2,1-4H3,(H2,21,22,23). The SMILES string of the molecule is CCOCCCNC(=NCc1nnc(C)n1C)NCCN1CCCCC1CC. The molecule has 1 aromatic rings. The second kappa shape index (κ2) is 12.7. The molecule has 0 aliphatic carbocycles. The Hall–Kier alpha value is -1.67. The summed E-state index contributed by atoms with van der Waals surface area (Å²) in [5.74, 6) is 2.61. The molecule has 160 valence electrons. The van der Waals surface area contributed by atoms with E-state index in [0.29, 0.717) is 6.54 Å². The molecule has 1 atom stereocenters. The fourth-order valence-electron chi connectivity index (χ4n) is 3.57. The number of ether oxygens (including phenoxy) is 1. The summed E-state index contributed by atoms with van der Waals surface area (Å²) in [7, 11) is 1.98. The van der Waals surface area contributed by atoms with E-state index >= 15 is 0 Å². The molecule has 2 heterocycles. The summed E-state index contributed by atoms with van der Waals surface area (Å²) in [5, 5.41) is 15.2. The zero-order valence-electron chi connectivity index (χ0n) is 18.2. The number of aromatic nitrogens is 3. The van der Waals surface area contributed by atoms with Crippen LogP contribution in [0.5, 0.6) is 0 Å². The van der Waals surface area contributed by atoms with Crippen molar-refractivity contribution >= 4 is 5.96 Å². The molecule has 8 heteroatoms. The van der Waals surface area contributed by atoms with Gasteiger partial charge in [0.25, 0.3) is 0 Å². The maximum Gasteiger partial charge on any atom is 0.191 e. The van der Waals surface area contributed by atoms with Crippen molar-refractivity contribution in [3.63, 3.8) is 0 Å². The van der Waals surface area contributed by atoms with E-state index in [1.54, 1.807) is 0 Å². The topological polar surface area (TPSA) is 79.6 Å². The van der Waals surface area contributed by atoms with Gasteiger partial charge in [-0.2, -0.15) is 0 Å². The van der Waals surface area contributed by atoms with Gasteiger partial charge < -0.3 is 19.9 Å². The van der Waals surface area contributed by atoms with Gasteiger partial charge in [0.2, 0.25) is 0 Å². The first-order chi connectivity index (χ1) is 13.7. The minimum absolute atomic E-state index is 0.513. The van der Waals surface area contributed by atoms with Crippen LogP contribution < -0.4 is 10.6 Å². The van der Waals surface area contributed by atoms with E-state index in [9.17, 15) is 0 Å². The van der Waals surface area contributed by atoms with E-state index in [4.69, 9.17) is 9.73 Å². The third-order valence-corrected chi connectivity index (χ3v) is 5.44. The van der Waals surface area contributed by atoms with Crippen LogP contribution >= 0.6 is 0 Å². The molecule has 2 rings (SSSR count). The first kappa shape index (κ1) is 22.6. The van der Waals surface area contributed by atoms with E-state index in [1.165, 1.54) is 32.2 Å². The summed E-state index contributed by atoms with van der Waals surface area (Å²) >= 11 is 0. The maximum absolute atomic E-state index is 5.42. The Morgan fingerprint density at radius 2 is 2.04 bits per heavy atom. The van der Waals surface area contributed by atoms with E-state index < -0.39 is 0 Å². The molecule has 28 heavy (non-hydrogen) atoms. The second-order valence-electron chi connectivity index (χ2n) is 7.39. The minimum atomic E-state index is 0.513. The van der Waals surface area contributed by atoms with E-state index in [-0.39, 0.29) is 0 Å². The molecule has 0 aromatic carbocycles. The lowest BCUT2D eigenvalue weighted by Gasteiger charge is -2.35. The number of nitrogens with one attached hydrogen (secondary N) is 2. The summed E-state index contributed by atoms with van der Waals surface area (Å²) in [6, 6.07) is 0.733. The Morgan fingerprint density at radius 3 is 2.75 bits per heavy atom. The average Bonchev–Trinajstić information content (AvgIpc) is 3.03. The predicted octanol–water partition coefficient (Wildman–Crippen LogP) is 1.85. The van der Waals surface area contributed by atoms with Crippen LogP contribution in [-0.2, 0) is 18.3 Å². The zero-order valence-corrected chi connectivity index (χ0v) is 18.2. The number of rotatable bonds is 11. The number of piperidine rings is 1. The van der Waals surface area contributed by atoms with Crippen LogP contribution in [0.4, 0.5) is 0 Å². The normalized spacial score (nSPS) is 18.4. The van der Waals surface area contributed by atoms with Gasteiger partial charge in [0.15, 0.2) is 11.8 Å². The molecular weight excluding hydrogens is 354 g/mol. The molecule has 0 amide bonds. The van der Waals surface area contributed by atoms with Crippen molar-refractivity contribution in [2.24, 2.45) is 12.0 Å². The Balaban J connectivity index is 1.85. The fourth-order valence-corrected chi connectivity index (χ4v) is 3.57. The van der Waals surface area contributed by atoms with Crippen molar-refractivity contribution in [1.29, 1.82) is 0 Å². The molecule has 1 unspecified atom stereocenters. The molecule has 0 saturated carbocycles. The van der Waals surface area contributed by atoms with Gasteiger partial charge in [0.1, 0.15) is 12.4 Å². The van der Waals surface area contributed by atoms with Gasteiger partial charge in [-0.15, -0.1) is 10.2 Å². The number of hydrogen-bond acceptors (Lipinski definition) is 5. The molecule has 0 bridgehead atoms. The fraction of sp³-hybridized carbons (Fsp3) is 0.850. The van der Waals surface area contributed by atoms with Crippen LogP contribution in [0.2, 0.25) is 0 Å². The number of hydrogen-bond donors (Lipinski definition) is 2. The number of nitrogens with zero attached hydrogens (tertiary/aromatic N) is 5. The van der Waals surface area contributed by atoms with Gasteiger partial charge in [0, 0.05) is 45.9 Å². The number of aryl methyl sites for hydroxylation is 1. The first-order valence-electron chi connectivity index (χ1n) is 10.8. The summed E-state index contributed by atoms with van der Waals surface area (Å²) in [6.45, 7) is 12.3. The lowest BCUT2D eigenvalue weighted by Crippen LogP contribution is -2.46. The lowest BCUT2D eigenvalue weighted by atomic mass is 10.0. The monoisotopic (exact) mass is 393 g/mol. The third kappa shape index (κ3) is 7.39. The van der Waals surface area contributed by atoms with Gasteiger partial charge in [-0.1, -0.05) is 13.3 Å². The summed E-state index contributed by atoms with van der Waals surface area (Å²) in [4.78, 5) is 7.34. The molecule has 1 saturated heterocycles. The molecule has 1 aliphatic heterocycles. The number of aliphatic imine (C=N–C) groups is 1. The Morgan fingerprint density at radius 1 is 1.21 bits per heavy atom. The Kier molecular flexibility index (Phi) is 10.3. The van der Waals surface area contributed by atoms with Crippen molar-refractivity contribution in [2.75, 3.05) is 39.4 Å². The maximum atomic E-state index is 5.42. The zero-order chi connectivity index (χ0) is 20.2. The van der Waals surface area contributed by atoms with Crippen LogP contribution in [0.25, 0.3) is 0 Å². The first-order valence-corrected chi connectivity index (χ1v) is 10.8. The molecular formula is C20H39N7O. The average molecular weight is 394 g/mol. The highest BCUT2D eigenvalue weighted by molar-refractivity contribution is 5.79. The Labute approximate surface area is 170 Å². The highest BCUT2D eigenvalue weighted by Gasteiger charge is 2.20. The summed E-state index contributed by atoms with van der Waals surface area (Å²) in [5.41, 5.74) is 0. The molecule has 1 aliphatic rings. The molecule has 0 radical (unpaired) electrons. The smallest absolute Gasteiger partial charge is 0.191 e. The lowest BCUT2D eigenvalue weighted by molar-refractivity contribution is 0.145. The number of guanidine groups is 1. The van der Waals surface area contributed by atoms with Gasteiger partial charge in [-0.25, -0.2) is 4.99 Å². The van der Waals surface area contributed by atoms with Crippen molar-refractivity contribution in [1.82, 2.24) is 30.3 Å². The van der Waals surface area contributed by atoms with Crippen molar-refractivity contribution in [3.8, 4) is 0 Å². The molecule has 1 aromatic heterocycles. The highest BCUT2D eigenvalue weighted by atomic mass is 16.5. The highest BCUT2D eigenvalue weighted by Crippen LogP contribution is 2.18. The van der Waals surface area contributed by atoms with Crippen molar-refractivity contribution in [3.05, 3.63) is 11.6 Å². The van der Waals surface area contributed by atoms with Crippen LogP contribution in [0.1, 0.15) is 57.6 Å². The Bertz CT molecular complexity index is 587. The molecule has 0 spiro atoms. The van der Waals surface area contributed by atoms with Crippen LogP contribution in [0.3, 0.4) is 0 Å². The quantitative estimate of drug-likeness (QED) is 0.339. The second-order valence-corrected chi connectivity index (χ2v) is 7.39. The predicted molar refractivity (Wildman–Crippen MR) is 113 cm³/mol. The van der Waals surface area contributed by atoms with Crippen LogP contribution in [0.15, 0.2) is 4.99 Å². The van der Waals surface area contributed by atoms with E-state index in [0.717, 1.165) is 62.9 Å². The van der Waals surface area contributed by atoms with Gasteiger partial charge in [-0.3, -0.25) is 4.90 Å². The largest absolute Gasteiger partial charge is 0.382 e. The third-order valence-electron chi connectivity index (χ3n) is 5.44. The molecule has 1 fully saturated rings.